The summed E-state index contributed by atoms with van der Waals surface area (Å²) in [6.45, 7) is 4.24. The van der Waals surface area contributed by atoms with Gasteiger partial charge in [0.1, 0.15) is 0 Å². The van der Waals surface area contributed by atoms with Crippen molar-refractivity contribution in [3.05, 3.63) is 66.0 Å². The Hall–Kier alpha value is -3.41. The van der Waals surface area contributed by atoms with Gasteiger partial charge >= 0.3 is 0 Å². The van der Waals surface area contributed by atoms with Gasteiger partial charge < -0.3 is 10.6 Å². The lowest BCUT2D eigenvalue weighted by molar-refractivity contribution is -0.114. The van der Waals surface area contributed by atoms with E-state index in [4.69, 9.17) is 5.73 Å². The molecule has 6 heteroatoms. The van der Waals surface area contributed by atoms with E-state index in [2.05, 4.69) is 23.8 Å². The van der Waals surface area contributed by atoms with Crippen LogP contribution in [0.5, 0.6) is 0 Å². The van der Waals surface area contributed by atoms with Gasteiger partial charge in [-0.2, -0.15) is 5.10 Å². The third-order valence-electron chi connectivity index (χ3n) is 4.77. The summed E-state index contributed by atoms with van der Waals surface area (Å²) < 4.78 is 1.76. The van der Waals surface area contributed by atoms with Gasteiger partial charge in [-0.1, -0.05) is 24.8 Å². The van der Waals surface area contributed by atoms with E-state index in [1.165, 1.54) is 0 Å². The van der Waals surface area contributed by atoms with Gasteiger partial charge in [-0.3, -0.25) is 14.3 Å². The lowest BCUT2D eigenvalue weighted by atomic mass is 9.97. The van der Waals surface area contributed by atoms with Crippen LogP contribution in [0.4, 0.5) is 0 Å². The van der Waals surface area contributed by atoms with E-state index in [1.807, 2.05) is 37.6 Å². The van der Waals surface area contributed by atoms with Gasteiger partial charge in [0.15, 0.2) is 0 Å². The molecule has 2 N–H and O–H groups in total. The Morgan fingerprint density at radius 3 is 2.73 bits per heavy atom. The molecule has 0 bridgehead atoms. The number of carbonyl (C=O) groups excluding carboxylic acids is 2. The van der Waals surface area contributed by atoms with Crippen molar-refractivity contribution in [2.24, 2.45) is 12.8 Å². The molecule has 1 aliphatic rings. The quantitative estimate of drug-likeness (QED) is 0.736. The summed E-state index contributed by atoms with van der Waals surface area (Å²) in [7, 11) is 1.88. The van der Waals surface area contributed by atoms with Crippen LogP contribution in [0, 0.1) is 0 Å². The summed E-state index contributed by atoms with van der Waals surface area (Å²) in [5, 5.41) is 6.32. The van der Waals surface area contributed by atoms with Gasteiger partial charge in [-0.15, -0.1) is 0 Å². The number of nitrogens with two attached hydrogens (primary N) is 1. The normalized spacial score (nSPS) is 13.3. The zero-order chi connectivity index (χ0) is 18.4. The Balaban J connectivity index is 1.77. The predicted octanol–water partition coefficient (Wildman–Crippen LogP) is 2.24. The number of nitrogens with zero attached hydrogens (tertiary/aromatic N) is 3. The van der Waals surface area contributed by atoms with Crippen LogP contribution in [0.3, 0.4) is 0 Å². The highest BCUT2D eigenvalue weighted by Gasteiger charge is 2.29. The van der Waals surface area contributed by atoms with Crippen molar-refractivity contribution in [3.8, 4) is 11.1 Å². The molecule has 26 heavy (non-hydrogen) atoms. The summed E-state index contributed by atoms with van der Waals surface area (Å²) in [5.74, 6) is -0.687. The molecule has 6 nitrogen and oxygen atoms in total. The van der Waals surface area contributed by atoms with E-state index >= 15 is 0 Å². The van der Waals surface area contributed by atoms with E-state index in [1.54, 1.807) is 9.58 Å². The van der Waals surface area contributed by atoms with Crippen molar-refractivity contribution < 1.29 is 9.59 Å². The molecule has 1 aromatic heterocycles. The van der Waals surface area contributed by atoms with Crippen LogP contribution in [0.2, 0.25) is 0 Å². The fourth-order valence-electron chi connectivity index (χ4n) is 3.37. The number of amides is 2. The average Bonchev–Trinajstić information content (AvgIpc) is 3.19. The first-order valence-corrected chi connectivity index (χ1v) is 8.25. The van der Waals surface area contributed by atoms with Gasteiger partial charge in [0.25, 0.3) is 5.91 Å². The van der Waals surface area contributed by atoms with Crippen molar-refractivity contribution in [1.29, 1.82) is 0 Å². The first kappa shape index (κ1) is 16.1. The molecule has 3 aromatic rings. The molecule has 0 saturated carbocycles. The summed E-state index contributed by atoms with van der Waals surface area (Å²) in [4.78, 5) is 25.5. The molecular formula is C20H18N4O2. The highest BCUT2D eigenvalue weighted by atomic mass is 16.2. The number of benzene rings is 2. The number of fused-ring (bicyclic) bond motifs is 3. The maximum Gasteiger partial charge on any atom is 0.254 e. The van der Waals surface area contributed by atoms with Gasteiger partial charge in [-0.25, -0.2) is 0 Å². The van der Waals surface area contributed by atoms with Crippen LogP contribution in [0.15, 0.2) is 54.9 Å². The minimum absolute atomic E-state index is 0.101. The molecule has 2 aromatic carbocycles. The van der Waals surface area contributed by atoms with Crippen LogP contribution >= 0.6 is 0 Å². The van der Waals surface area contributed by atoms with Gasteiger partial charge in [-0.05, 0) is 34.0 Å². The molecule has 0 saturated heterocycles. The standard InChI is InChI=1S/C20H18N4O2/c1-12(19(21)25)9-24-11-18-16(20(24)26)6-5-13-3-4-14(7-17(13)18)15-8-22-23(2)10-15/h3-8,10H,1,9,11H2,2H3,(H2,21,25). The third kappa shape index (κ3) is 2.56. The van der Waals surface area contributed by atoms with E-state index in [0.29, 0.717) is 12.1 Å². The summed E-state index contributed by atoms with van der Waals surface area (Å²) >= 11 is 0. The summed E-state index contributed by atoms with van der Waals surface area (Å²) in [6, 6.07) is 9.98. The smallest absolute Gasteiger partial charge is 0.254 e. The fraction of sp³-hybridized carbons (Fsp3) is 0.150. The van der Waals surface area contributed by atoms with Crippen molar-refractivity contribution >= 4 is 22.6 Å². The molecule has 130 valence electrons. The lowest BCUT2D eigenvalue weighted by Crippen LogP contribution is -2.30. The molecule has 0 aliphatic carbocycles. The maximum absolute atomic E-state index is 12.7. The Morgan fingerprint density at radius 2 is 2.04 bits per heavy atom. The summed E-state index contributed by atoms with van der Waals surface area (Å²) in [6.07, 6.45) is 3.78. The number of rotatable bonds is 4. The predicted molar refractivity (Wildman–Crippen MR) is 99.2 cm³/mol. The number of aromatic nitrogens is 2. The molecule has 0 atom stereocenters. The van der Waals surface area contributed by atoms with Crippen LogP contribution < -0.4 is 5.73 Å². The maximum atomic E-state index is 12.7. The molecule has 0 fully saturated rings. The van der Waals surface area contributed by atoms with E-state index in [9.17, 15) is 9.59 Å². The highest BCUT2D eigenvalue weighted by molar-refractivity contribution is 6.05. The zero-order valence-electron chi connectivity index (χ0n) is 14.4. The molecule has 4 rings (SSSR count). The zero-order valence-corrected chi connectivity index (χ0v) is 14.4. The Kier molecular flexibility index (Phi) is 3.61. The molecule has 1 aliphatic heterocycles. The summed E-state index contributed by atoms with van der Waals surface area (Å²) in [5.41, 5.74) is 9.19. The van der Waals surface area contributed by atoms with Crippen molar-refractivity contribution in [1.82, 2.24) is 14.7 Å². The Labute approximate surface area is 150 Å². The molecule has 0 spiro atoms. The minimum atomic E-state index is -0.586. The largest absolute Gasteiger partial charge is 0.366 e. The number of primary amides is 1. The average molecular weight is 346 g/mol. The van der Waals surface area contributed by atoms with Crippen LogP contribution in [-0.4, -0.2) is 33.0 Å². The monoisotopic (exact) mass is 346 g/mol. The van der Waals surface area contributed by atoms with Crippen molar-refractivity contribution in [3.63, 3.8) is 0 Å². The number of hydrogen-bond acceptors (Lipinski definition) is 3. The van der Waals surface area contributed by atoms with Gasteiger partial charge in [0, 0.05) is 36.5 Å². The van der Waals surface area contributed by atoms with Crippen LogP contribution in [-0.2, 0) is 18.4 Å². The molecule has 0 unspecified atom stereocenters. The Bertz CT molecular complexity index is 1080. The highest BCUT2D eigenvalue weighted by Crippen LogP contribution is 2.33. The van der Waals surface area contributed by atoms with Crippen LogP contribution in [0.1, 0.15) is 15.9 Å². The molecule has 2 amide bonds. The topological polar surface area (TPSA) is 81.2 Å². The molecule has 2 heterocycles. The number of hydrogen-bond donors (Lipinski definition) is 1. The lowest BCUT2D eigenvalue weighted by Gasteiger charge is -2.15. The molecule has 0 radical (unpaired) electrons. The second-order valence-electron chi connectivity index (χ2n) is 6.56. The fourth-order valence-corrected chi connectivity index (χ4v) is 3.37. The number of carbonyl (C=O) groups is 2. The second-order valence-corrected chi connectivity index (χ2v) is 6.56. The van der Waals surface area contributed by atoms with Crippen LogP contribution in [0.25, 0.3) is 21.9 Å². The van der Waals surface area contributed by atoms with Crippen molar-refractivity contribution in [2.75, 3.05) is 6.54 Å². The first-order chi connectivity index (χ1) is 12.4. The Morgan fingerprint density at radius 1 is 1.27 bits per heavy atom. The molecular weight excluding hydrogens is 328 g/mol. The van der Waals surface area contributed by atoms with E-state index < -0.39 is 5.91 Å². The third-order valence-corrected chi connectivity index (χ3v) is 4.77. The second kappa shape index (κ2) is 5.84. The van der Waals surface area contributed by atoms with E-state index in [0.717, 1.165) is 27.5 Å². The number of aryl methyl sites for hydroxylation is 1. The minimum Gasteiger partial charge on any atom is -0.366 e. The first-order valence-electron chi connectivity index (χ1n) is 8.25. The SMILES string of the molecule is C=C(CN1Cc2c(ccc3ccc(-c4cnn(C)c4)cc23)C1=O)C(N)=O. The van der Waals surface area contributed by atoms with E-state index in [-0.39, 0.29) is 18.0 Å². The van der Waals surface area contributed by atoms with Gasteiger partial charge in [0.05, 0.1) is 12.7 Å². The van der Waals surface area contributed by atoms with Gasteiger partial charge in [0.2, 0.25) is 5.91 Å². The van der Waals surface area contributed by atoms with Crippen molar-refractivity contribution in [2.45, 2.75) is 6.54 Å².